The molecule has 0 aromatic heterocycles. The minimum atomic E-state index is -0.206. The summed E-state index contributed by atoms with van der Waals surface area (Å²) in [7, 11) is 0. The number of benzene rings is 1. The van der Waals surface area contributed by atoms with Crippen LogP contribution in [0.4, 0.5) is 4.39 Å². The molecule has 0 saturated heterocycles. The molecule has 0 radical (unpaired) electrons. The van der Waals surface area contributed by atoms with Crippen LogP contribution in [-0.2, 0) is 0 Å². The smallest absolute Gasteiger partial charge is 0.123 e. The third kappa shape index (κ3) is 5.86. The van der Waals surface area contributed by atoms with Crippen molar-refractivity contribution in [1.82, 2.24) is 4.90 Å². The van der Waals surface area contributed by atoms with E-state index in [1.165, 1.54) is 12.1 Å². The largest absolute Gasteiger partial charge is 0.395 e. The van der Waals surface area contributed by atoms with Gasteiger partial charge in [0.15, 0.2) is 0 Å². The lowest BCUT2D eigenvalue weighted by atomic mass is 10.4. The van der Waals surface area contributed by atoms with Gasteiger partial charge in [0.05, 0.1) is 6.61 Å². The van der Waals surface area contributed by atoms with Crippen molar-refractivity contribution in [3.05, 3.63) is 42.7 Å². The van der Waals surface area contributed by atoms with Crippen LogP contribution in [0.5, 0.6) is 0 Å². The minimum Gasteiger partial charge on any atom is -0.395 e. The molecule has 0 atom stereocenters. The molecule has 1 aromatic carbocycles. The summed E-state index contributed by atoms with van der Waals surface area (Å²) in [6.45, 7) is 6.18. The topological polar surface area (TPSA) is 23.5 Å². The fourth-order valence-electron chi connectivity index (χ4n) is 1.44. The molecule has 0 aliphatic heterocycles. The lowest BCUT2D eigenvalue weighted by Crippen LogP contribution is -2.29. The summed E-state index contributed by atoms with van der Waals surface area (Å²) in [5, 5.41) is 8.89. The number of aliphatic hydroxyl groups excluding tert-OH is 1. The first-order valence-electron chi connectivity index (χ1n) is 5.58. The zero-order valence-electron chi connectivity index (χ0n) is 9.81. The molecule has 0 amide bonds. The molecule has 0 aliphatic rings. The Bertz CT molecular complexity index is 329. The summed E-state index contributed by atoms with van der Waals surface area (Å²) >= 11 is 1.68. The fraction of sp³-hybridized carbons (Fsp3) is 0.385. The van der Waals surface area contributed by atoms with Gasteiger partial charge in [0.25, 0.3) is 0 Å². The second-order valence-corrected chi connectivity index (χ2v) is 4.78. The van der Waals surface area contributed by atoms with E-state index in [0.29, 0.717) is 6.54 Å². The number of rotatable bonds is 8. The third-order valence-corrected chi connectivity index (χ3v) is 3.29. The zero-order chi connectivity index (χ0) is 12.5. The van der Waals surface area contributed by atoms with E-state index < -0.39 is 0 Å². The van der Waals surface area contributed by atoms with Crippen LogP contribution in [0.1, 0.15) is 0 Å². The Hall–Kier alpha value is -0.840. The number of nitrogens with zero attached hydrogens (tertiary/aromatic N) is 1. The van der Waals surface area contributed by atoms with E-state index in [1.54, 1.807) is 23.9 Å². The second kappa shape index (κ2) is 8.28. The predicted octanol–water partition coefficient (Wildman–Crippen LogP) is 2.40. The average molecular weight is 255 g/mol. The average Bonchev–Trinajstić information content (AvgIpc) is 2.32. The van der Waals surface area contributed by atoms with Crippen LogP contribution in [0.25, 0.3) is 0 Å². The van der Waals surface area contributed by atoms with E-state index in [9.17, 15) is 4.39 Å². The summed E-state index contributed by atoms with van der Waals surface area (Å²) in [4.78, 5) is 3.19. The van der Waals surface area contributed by atoms with Crippen LogP contribution < -0.4 is 0 Å². The van der Waals surface area contributed by atoms with Gasteiger partial charge in [-0.2, -0.15) is 0 Å². The molecule has 0 fully saturated rings. The highest BCUT2D eigenvalue weighted by molar-refractivity contribution is 7.99. The van der Waals surface area contributed by atoms with E-state index >= 15 is 0 Å². The van der Waals surface area contributed by atoms with E-state index in [2.05, 4.69) is 11.5 Å². The van der Waals surface area contributed by atoms with Gasteiger partial charge < -0.3 is 5.11 Å². The second-order valence-electron chi connectivity index (χ2n) is 3.62. The number of hydrogen-bond donors (Lipinski definition) is 1. The van der Waals surface area contributed by atoms with E-state index in [4.69, 9.17) is 5.11 Å². The molecule has 0 unspecified atom stereocenters. The molecule has 17 heavy (non-hydrogen) atoms. The van der Waals surface area contributed by atoms with Crippen molar-refractivity contribution in [2.24, 2.45) is 0 Å². The number of thioether (sulfide) groups is 1. The Morgan fingerprint density at radius 1 is 1.29 bits per heavy atom. The molecule has 0 aliphatic carbocycles. The maximum Gasteiger partial charge on any atom is 0.123 e. The molecule has 0 heterocycles. The lowest BCUT2D eigenvalue weighted by Gasteiger charge is -2.18. The van der Waals surface area contributed by atoms with Crippen molar-refractivity contribution >= 4 is 11.8 Å². The minimum absolute atomic E-state index is 0.162. The normalized spacial score (nSPS) is 10.8. The van der Waals surface area contributed by atoms with Crippen molar-refractivity contribution in [3.8, 4) is 0 Å². The zero-order valence-corrected chi connectivity index (χ0v) is 10.6. The quantitative estimate of drug-likeness (QED) is 0.570. The molecular weight excluding hydrogens is 237 g/mol. The molecular formula is C13H18FNOS. The Balaban J connectivity index is 2.29. The van der Waals surface area contributed by atoms with Crippen LogP contribution >= 0.6 is 11.8 Å². The Morgan fingerprint density at radius 2 is 2.00 bits per heavy atom. The number of aliphatic hydroxyl groups is 1. The van der Waals surface area contributed by atoms with Gasteiger partial charge in [0.1, 0.15) is 5.82 Å². The predicted molar refractivity (Wildman–Crippen MR) is 70.8 cm³/mol. The number of hydrogen-bond acceptors (Lipinski definition) is 3. The standard InChI is InChI=1S/C13H18FNOS/c1-2-7-15(8-10-16)9-11-17-13-5-3-12(14)4-6-13/h2-6,16H,1,7-11H2. The van der Waals surface area contributed by atoms with E-state index in [1.807, 2.05) is 6.08 Å². The molecule has 0 bridgehead atoms. The highest BCUT2D eigenvalue weighted by Gasteiger charge is 2.02. The van der Waals surface area contributed by atoms with Crippen molar-refractivity contribution < 1.29 is 9.50 Å². The highest BCUT2D eigenvalue weighted by Crippen LogP contribution is 2.17. The van der Waals surface area contributed by atoms with Gasteiger partial charge in [0, 0.05) is 30.3 Å². The molecule has 1 rings (SSSR count). The molecule has 0 saturated carbocycles. The first-order valence-corrected chi connectivity index (χ1v) is 6.57. The molecule has 1 N–H and O–H groups in total. The van der Waals surface area contributed by atoms with E-state index in [-0.39, 0.29) is 12.4 Å². The molecule has 4 heteroatoms. The lowest BCUT2D eigenvalue weighted by molar-refractivity contribution is 0.215. The fourth-order valence-corrected chi connectivity index (χ4v) is 2.36. The van der Waals surface area contributed by atoms with Gasteiger partial charge in [-0.25, -0.2) is 4.39 Å². The van der Waals surface area contributed by atoms with Crippen molar-refractivity contribution in [2.45, 2.75) is 4.90 Å². The van der Waals surface area contributed by atoms with Crippen LogP contribution in [0.3, 0.4) is 0 Å². The summed E-state index contributed by atoms with van der Waals surface area (Å²) in [6.07, 6.45) is 1.83. The Labute approximate surface area is 106 Å². The summed E-state index contributed by atoms with van der Waals surface area (Å²) in [5.41, 5.74) is 0. The molecule has 1 aromatic rings. The van der Waals surface area contributed by atoms with Crippen molar-refractivity contribution in [3.63, 3.8) is 0 Å². The van der Waals surface area contributed by atoms with Gasteiger partial charge in [0.2, 0.25) is 0 Å². The summed E-state index contributed by atoms with van der Waals surface area (Å²) < 4.78 is 12.7. The van der Waals surface area contributed by atoms with Crippen LogP contribution in [0, 0.1) is 5.82 Å². The van der Waals surface area contributed by atoms with Gasteiger partial charge in [-0.3, -0.25) is 4.90 Å². The summed E-state index contributed by atoms with van der Waals surface area (Å²) in [5.74, 6) is 0.711. The Morgan fingerprint density at radius 3 is 2.59 bits per heavy atom. The highest BCUT2D eigenvalue weighted by atomic mass is 32.2. The molecule has 2 nitrogen and oxygen atoms in total. The van der Waals surface area contributed by atoms with E-state index in [0.717, 1.165) is 23.7 Å². The first kappa shape index (κ1) is 14.2. The Kier molecular flexibility index (Phi) is 6.93. The summed E-state index contributed by atoms with van der Waals surface area (Å²) in [6, 6.07) is 6.50. The third-order valence-electron chi connectivity index (χ3n) is 2.29. The monoisotopic (exact) mass is 255 g/mol. The maximum atomic E-state index is 12.7. The molecule has 0 spiro atoms. The maximum absolute atomic E-state index is 12.7. The van der Waals surface area contributed by atoms with Gasteiger partial charge in [-0.1, -0.05) is 6.08 Å². The van der Waals surface area contributed by atoms with Crippen LogP contribution in [0.15, 0.2) is 41.8 Å². The first-order chi connectivity index (χ1) is 8.26. The van der Waals surface area contributed by atoms with Crippen LogP contribution in [-0.4, -0.2) is 42.0 Å². The van der Waals surface area contributed by atoms with Crippen molar-refractivity contribution in [1.29, 1.82) is 0 Å². The SMILES string of the molecule is C=CCN(CCO)CCSc1ccc(F)cc1. The van der Waals surface area contributed by atoms with Gasteiger partial charge in [-0.15, -0.1) is 18.3 Å². The van der Waals surface area contributed by atoms with Gasteiger partial charge in [-0.05, 0) is 24.3 Å². The van der Waals surface area contributed by atoms with Crippen LogP contribution in [0.2, 0.25) is 0 Å². The van der Waals surface area contributed by atoms with Gasteiger partial charge >= 0.3 is 0 Å². The number of halogens is 1. The molecule has 94 valence electrons. The van der Waals surface area contributed by atoms with Crippen molar-refractivity contribution in [2.75, 3.05) is 32.0 Å².